The van der Waals surface area contributed by atoms with Gasteiger partial charge < -0.3 is 14.4 Å². The number of aliphatic imine (C=N–C) groups is 1. The Morgan fingerprint density at radius 3 is 2.52 bits per heavy atom. The van der Waals surface area contributed by atoms with E-state index in [1.54, 1.807) is 18.2 Å². The van der Waals surface area contributed by atoms with Crippen LogP contribution in [0.25, 0.3) is 0 Å². The third-order valence-corrected chi connectivity index (χ3v) is 9.79. The van der Waals surface area contributed by atoms with Crippen molar-refractivity contribution in [1.82, 2.24) is 8.87 Å². The number of ether oxygens (including phenoxy) is 1. The van der Waals surface area contributed by atoms with E-state index < -0.39 is 10.0 Å². The standard InChI is InChI=1S/C30H41N3O6S/c1-4-8-23-27(20-35)33(6-3)30(36)25-19-26(31-29(23)25)24-18-22(10-11-28(24)39-17-5-2)40(37,38)32-14-12-21(13-15-32)9-7-16-34/h10-11,18,20-21,34H,4-9,12-17,19H2,1-3H3. The summed E-state index contributed by atoms with van der Waals surface area (Å²) in [5, 5.41) is 9.13. The molecule has 4 rings (SSSR count). The second-order valence-corrected chi connectivity index (χ2v) is 12.5. The Bertz CT molecular complexity index is 1420. The fourth-order valence-electron chi connectivity index (χ4n) is 5.78. The van der Waals surface area contributed by atoms with E-state index in [1.165, 1.54) is 8.87 Å². The van der Waals surface area contributed by atoms with Gasteiger partial charge in [0.15, 0.2) is 6.29 Å². The molecule has 0 amide bonds. The van der Waals surface area contributed by atoms with Crippen LogP contribution in [0.3, 0.4) is 0 Å². The number of aldehydes is 1. The number of nitrogens with zero attached hydrogens (tertiary/aromatic N) is 3. The average Bonchev–Trinajstić information content (AvgIpc) is 3.42. The first-order valence-electron chi connectivity index (χ1n) is 14.5. The van der Waals surface area contributed by atoms with Crippen molar-refractivity contribution in [1.29, 1.82) is 0 Å². The predicted octanol–water partition coefficient (Wildman–Crippen LogP) is 4.27. The largest absolute Gasteiger partial charge is 0.493 e. The molecule has 1 N–H and O–H groups in total. The van der Waals surface area contributed by atoms with E-state index in [0.29, 0.717) is 72.5 Å². The molecule has 218 valence electrons. The van der Waals surface area contributed by atoms with E-state index in [4.69, 9.17) is 14.8 Å². The van der Waals surface area contributed by atoms with Gasteiger partial charge in [0.05, 0.1) is 28.6 Å². The molecular formula is C30H41N3O6S. The molecular weight excluding hydrogens is 530 g/mol. The van der Waals surface area contributed by atoms with Crippen LogP contribution in [0.1, 0.15) is 86.5 Å². The number of rotatable bonds is 13. The van der Waals surface area contributed by atoms with Crippen molar-refractivity contribution < 1.29 is 23.1 Å². The summed E-state index contributed by atoms with van der Waals surface area (Å²) in [4.78, 5) is 30.4. The number of fused-ring (bicyclic) bond motifs is 1. The van der Waals surface area contributed by atoms with Gasteiger partial charge in [0.2, 0.25) is 10.0 Å². The molecule has 0 aliphatic carbocycles. The van der Waals surface area contributed by atoms with E-state index in [0.717, 1.165) is 50.4 Å². The van der Waals surface area contributed by atoms with Gasteiger partial charge in [0, 0.05) is 49.4 Å². The van der Waals surface area contributed by atoms with Gasteiger partial charge in [0.25, 0.3) is 5.56 Å². The molecule has 0 atom stereocenters. The van der Waals surface area contributed by atoms with E-state index >= 15 is 0 Å². The zero-order valence-electron chi connectivity index (χ0n) is 23.8. The molecule has 1 aromatic carbocycles. The van der Waals surface area contributed by atoms with E-state index in [9.17, 15) is 18.0 Å². The highest BCUT2D eigenvalue weighted by atomic mass is 32.2. The molecule has 0 saturated carbocycles. The van der Waals surface area contributed by atoms with Crippen molar-refractivity contribution in [3.05, 3.63) is 50.9 Å². The molecule has 1 saturated heterocycles. The molecule has 0 bridgehead atoms. The monoisotopic (exact) mass is 571 g/mol. The van der Waals surface area contributed by atoms with E-state index in [2.05, 4.69) is 0 Å². The topological polar surface area (TPSA) is 118 Å². The van der Waals surface area contributed by atoms with Crippen LogP contribution in [0, 0.1) is 5.92 Å². The summed E-state index contributed by atoms with van der Waals surface area (Å²) in [6, 6.07) is 4.90. The van der Waals surface area contributed by atoms with Gasteiger partial charge in [-0.15, -0.1) is 0 Å². The fraction of sp³-hybridized carbons (Fsp3) is 0.567. The smallest absolute Gasteiger partial charge is 0.256 e. The first kappa shape index (κ1) is 30.1. The van der Waals surface area contributed by atoms with Gasteiger partial charge in [-0.25, -0.2) is 8.42 Å². The average molecular weight is 572 g/mol. The van der Waals surface area contributed by atoms with Crippen LogP contribution in [0.15, 0.2) is 32.9 Å². The minimum atomic E-state index is -3.75. The zero-order valence-corrected chi connectivity index (χ0v) is 24.6. The van der Waals surface area contributed by atoms with Crippen molar-refractivity contribution in [3.8, 4) is 5.75 Å². The number of benzene rings is 1. The lowest BCUT2D eigenvalue weighted by molar-refractivity contribution is 0.111. The minimum Gasteiger partial charge on any atom is -0.493 e. The lowest BCUT2D eigenvalue weighted by atomic mass is 9.93. The summed E-state index contributed by atoms with van der Waals surface area (Å²) < 4.78 is 36.4. The maximum Gasteiger partial charge on any atom is 0.256 e. The zero-order chi connectivity index (χ0) is 28.9. The van der Waals surface area contributed by atoms with Crippen molar-refractivity contribution in [3.63, 3.8) is 0 Å². The number of carbonyl (C=O) groups is 1. The molecule has 1 fully saturated rings. The van der Waals surface area contributed by atoms with Crippen LogP contribution in [0.4, 0.5) is 5.69 Å². The third-order valence-electron chi connectivity index (χ3n) is 7.90. The highest BCUT2D eigenvalue weighted by Gasteiger charge is 2.32. The maximum atomic E-state index is 13.7. The highest BCUT2D eigenvalue weighted by Crippen LogP contribution is 2.36. The first-order valence-corrected chi connectivity index (χ1v) is 15.9. The van der Waals surface area contributed by atoms with Crippen LogP contribution >= 0.6 is 0 Å². The summed E-state index contributed by atoms with van der Waals surface area (Å²) in [6.45, 7) is 7.73. The number of pyridine rings is 1. The van der Waals surface area contributed by atoms with Crippen LogP contribution < -0.4 is 10.3 Å². The number of sulfonamides is 1. The molecule has 0 unspecified atom stereocenters. The molecule has 9 nitrogen and oxygen atoms in total. The first-order chi connectivity index (χ1) is 19.3. The second-order valence-electron chi connectivity index (χ2n) is 10.6. The Labute approximate surface area is 236 Å². The van der Waals surface area contributed by atoms with Crippen molar-refractivity contribution in [2.24, 2.45) is 10.9 Å². The second kappa shape index (κ2) is 13.2. The highest BCUT2D eigenvalue weighted by molar-refractivity contribution is 7.89. The minimum absolute atomic E-state index is 0.157. The lowest BCUT2D eigenvalue weighted by Gasteiger charge is -2.31. The Kier molecular flexibility index (Phi) is 9.97. The molecule has 2 aliphatic rings. The fourth-order valence-corrected chi connectivity index (χ4v) is 7.27. The number of piperidine rings is 1. The van der Waals surface area contributed by atoms with Gasteiger partial charge in [-0.2, -0.15) is 4.31 Å². The number of carbonyl (C=O) groups excluding carboxylic acids is 1. The van der Waals surface area contributed by atoms with Crippen molar-refractivity contribution >= 4 is 27.7 Å². The maximum absolute atomic E-state index is 13.7. The van der Waals surface area contributed by atoms with E-state index in [-0.39, 0.29) is 23.5 Å². The normalized spacial score (nSPS) is 16.1. The summed E-state index contributed by atoms with van der Waals surface area (Å²) in [5.74, 6) is 0.949. The summed E-state index contributed by atoms with van der Waals surface area (Å²) in [6.07, 6.45) is 6.34. The van der Waals surface area contributed by atoms with Crippen LogP contribution in [-0.4, -0.2) is 60.7 Å². The SMILES string of the molecule is CCCOc1ccc(S(=O)(=O)N2CCC(CCCO)CC2)cc1C1=Nc2c(CCC)c(C=O)n(CC)c(=O)c2C1. The Morgan fingerprint density at radius 1 is 1.15 bits per heavy atom. The van der Waals surface area contributed by atoms with Gasteiger partial charge in [0.1, 0.15) is 5.75 Å². The third kappa shape index (κ3) is 5.94. The lowest BCUT2D eigenvalue weighted by Crippen LogP contribution is -2.38. The van der Waals surface area contributed by atoms with E-state index in [1.807, 2.05) is 20.8 Å². The molecule has 40 heavy (non-hydrogen) atoms. The summed E-state index contributed by atoms with van der Waals surface area (Å²) in [5.41, 5.74) is 3.08. The Balaban J connectivity index is 1.74. The quantitative estimate of drug-likeness (QED) is 0.359. The molecule has 1 aromatic heterocycles. The number of aliphatic hydroxyl groups is 1. The Hall–Kier alpha value is -2.82. The van der Waals surface area contributed by atoms with Crippen molar-refractivity contribution in [2.45, 2.75) is 83.6 Å². The molecule has 10 heteroatoms. The van der Waals surface area contributed by atoms with Gasteiger partial charge in [-0.05, 0) is 69.6 Å². The molecule has 3 heterocycles. The molecule has 0 spiro atoms. The number of hydrogen-bond acceptors (Lipinski definition) is 7. The van der Waals surface area contributed by atoms with Gasteiger partial charge in [-0.1, -0.05) is 20.3 Å². The van der Waals surface area contributed by atoms with Gasteiger partial charge in [-0.3, -0.25) is 14.6 Å². The summed E-state index contributed by atoms with van der Waals surface area (Å²) >= 11 is 0. The summed E-state index contributed by atoms with van der Waals surface area (Å²) in [7, 11) is -3.75. The molecule has 0 radical (unpaired) electrons. The number of hydrogen-bond donors (Lipinski definition) is 1. The predicted molar refractivity (Wildman–Crippen MR) is 156 cm³/mol. The molecule has 2 aromatic rings. The number of aromatic nitrogens is 1. The van der Waals surface area contributed by atoms with Crippen molar-refractivity contribution in [2.75, 3.05) is 26.3 Å². The van der Waals surface area contributed by atoms with Crippen LogP contribution in [0.5, 0.6) is 5.75 Å². The van der Waals surface area contributed by atoms with Crippen LogP contribution in [0.2, 0.25) is 0 Å². The van der Waals surface area contributed by atoms with Crippen LogP contribution in [-0.2, 0) is 29.4 Å². The number of aliphatic hydroxyl groups excluding tert-OH is 1. The Morgan fingerprint density at radius 2 is 1.90 bits per heavy atom. The van der Waals surface area contributed by atoms with Gasteiger partial charge >= 0.3 is 0 Å². The molecule has 2 aliphatic heterocycles.